The van der Waals surface area contributed by atoms with Gasteiger partial charge in [-0.2, -0.15) is 0 Å². The highest BCUT2D eigenvalue weighted by molar-refractivity contribution is 8.00. The summed E-state index contributed by atoms with van der Waals surface area (Å²) in [7, 11) is 0. The summed E-state index contributed by atoms with van der Waals surface area (Å²) in [6.07, 6.45) is 10.2. The van der Waals surface area contributed by atoms with Crippen molar-refractivity contribution < 1.29 is 0 Å². The Labute approximate surface area is 252 Å². The maximum Gasteiger partial charge on any atom is 0.102 e. The minimum absolute atomic E-state index is 0.0769. The van der Waals surface area contributed by atoms with Crippen LogP contribution in [0.3, 0.4) is 0 Å². The van der Waals surface area contributed by atoms with Crippen LogP contribution in [-0.2, 0) is 0 Å². The summed E-state index contributed by atoms with van der Waals surface area (Å²) in [6, 6.07) is 35.9. The van der Waals surface area contributed by atoms with Gasteiger partial charge in [-0.25, -0.2) is 0 Å². The number of nitrogens with two attached hydrogens (primary N) is 2. The lowest BCUT2D eigenvalue weighted by atomic mass is 9.85. The fraction of sp³-hybridized carbons (Fsp3) is 0.158. The molecule has 42 heavy (non-hydrogen) atoms. The Morgan fingerprint density at radius 3 is 2.38 bits per heavy atom. The predicted octanol–water partition coefficient (Wildman–Crippen LogP) is 9.14. The molecular weight excluding hydrogens is 531 g/mol. The van der Waals surface area contributed by atoms with Gasteiger partial charge in [0.1, 0.15) is 5.37 Å². The fourth-order valence-corrected chi connectivity index (χ4v) is 7.36. The van der Waals surface area contributed by atoms with E-state index in [0.29, 0.717) is 5.92 Å². The molecule has 5 aromatic carbocycles. The molecule has 1 aliphatic carbocycles. The van der Waals surface area contributed by atoms with Crippen molar-refractivity contribution in [3.8, 4) is 0 Å². The van der Waals surface area contributed by atoms with Crippen molar-refractivity contribution in [1.29, 1.82) is 0 Å². The smallest absolute Gasteiger partial charge is 0.102 e. The molecule has 5 N–H and O–H groups in total. The van der Waals surface area contributed by atoms with Gasteiger partial charge in [0, 0.05) is 27.9 Å². The zero-order chi connectivity index (χ0) is 28.6. The summed E-state index contributed by atoms with van der Waals surface area (Å²) >= 11 is 1.91. The summed E-state index contributed by atoms with van der Waals surface area (Å²) < 4.78 is 0. The van der Waals surface area contributed by atoms with Crippen molar-refractivity contribution in [1.82, 2.24) is 0 Å². The molecule has 4 atom stereocenters. The second-order valence-electron chi connectivity index (χ2n) is 11.5. The molecule has 3 unspecified atom stereocenters. The molecular formula is C38H35N3S. The van der Waals surface area contributed by atoms with E-state index in [4.69, 9.17) is 11.5 Å². The minimum Gasteiger partial charge on any atom is -0.398 e. The largest absolute Gasteiger partial charge is 0.398 e. The molecule has 1 aliphatic heterocycles. The van der Waals surface area contributed by atoms with Gasteiger partial charge in [-0.05, 0) is 62.9 Å². The Hall–Kier alpha value is -4.25. The average molecular weight is 566 g/mol. The quantitative estimate of drug-likeness (QED) is 0.180. The van der Waals surface area contributed by atoms with Crippen LogP contribution in [0.4, 0.5) is 5.69 Å². The van der Waals surface area contributed by atoms with Gasteiger partial charge in [-0.1, -0.05) is 134 Å². The summed E-state index contributed by atoms with van der Waals surface area (Å²) in [4.78, 5) is 1.30. The third kappa shape index (κ3) is 5.02. The summed E-state index contributed by atoms with van der Waals surface area (Å²) in [5.41, 5.74) is 20.3. The molecule has 0 spiro atoms. The lowest BCUT2D eigenvalue weighted by Crippen LogP contribution is -2.19. The highest BCUT2D eigenvalue weighted by Gasteiger charge is 2.27. The standard InChI is InChI=1S/C38H35N3S/c1-24-12-14-28(15-13-24)38-41-37-34(42-38)21-19-27-16-17-29-22-30(18-20-31(29)35(27)37)36(40)32(25-8-4-2-5-9-25)23-33(39)26-10-6-3-7-11-26/h2-12,14-24,32,36,38,41H,13,39-40H2,1H3/b33-23-/t24?,32?,36-,38?/m0/s1. The Morgan fingerprint density at radius 2 is 1.62 bits per heavy atom. The van der Waals surface area contributed by atoms with E-state index >= 15 is 0 Å². The molecule has 0 saturated heterocycles. The van der Waals surface area contributed by atoms with Gasteiger partial charge in [0.2, 0.25) is 0 Å². The number of thioether (sulfide) groups is 1. The van der Waals surface area contributed by atoms with Gasteiger partial charge < -0.3 is 16.8 Å². The molecule has 208 valence electrons. The van der Waals surface area contributed by atoms with Crippen LogP contribution >= 0.6 is 11.8 Å². The van der Waals surface area contributed by atoms with Gasteiger partial charge in [0.25, 0.3) is 0 Å². The van der Waals surface area contributed by atoms with Crippen LogP contribution in [0.2, 0.25) is 0 Å². The normalized spacial score (nSPS) is 19.8. The predicted molar refractivity (Wildman–Crippen MR) is 180 cm³/mol. The van der Waals surface area contributed by atoms with E-state index in [9.17, 15) is 0 Å². The van der Waals surface area contributed by atoms with E-state index in [2.05, 4.69) is 103 Å². The first-order chi connectivity index (χ1) is 20.5. The van der Waals surface area contributed by atoms with Gasteiger partial charge in [0.05, 0.1) is 5.69 Å². The number of fused-ring (bicyclic) bond motifs is 5. The number of hydrogen-bond acceptors (Lipinski definition) is 4. The summed E-state index contributed by atoms with van der Waals surface area (Å²) in [6.45, 7) is 2.27. The molecule has 0 amide bonds. The summed E-state index contributed by atoms with van der Waals surface area (Å²) in [5.74, 6) is 0.534. The number of hydrogen-bond donors (Lipinski definition) is 3. The van der Waals surface area contributed by atoms with Crippen LogP contribution in [-0.4, -0.2) is 5.37 Å². The van der Waals surface area contributed by atoms with E-state index in [1.165, 1.54) is 37.7 Å². The van der Waals surface area contributed by atoms with Crippen LogP contribution in [0.1, 0.15) is 42.0 Å². The van der Waals surface area contributed by atoms with Gasteiger partial charge in [0.15, 0.2) is 0 Å². The molecule has 0 radical (unpaired) electrons. The zero-order valence-electron chi connectivity index (χ0n) is 23.7. The molecule has 5 aromatic rings. The van der Waals surface area contributed by atoms with Crippen molar-refractivity contribution in [3.05, 3.63) is 150 Å². The highest BCUT2D eigenvalue weighted by atomic mass is 32.2. The van der Waals surface area contributed by atoms with Crippen molar-refractivity contribution in [2.24, 2.45) is 17.4 Å². The van der Waals surface area contributed by atoms with Crippen LogP contribution in [0.5, 0.6) is 0 Å². The van der Waals surface area contributed by atoms with Crippen LogP contribution in [0.25, 0.3) is 27.2 Å². The molecule has 0 aromatic heterocycles. The first kappa shape index (κ1) is 26.6. The Bertz CT molecular complexity index is 1860. The molecule has 3 nitrogen and oxygen atoms in total. The maximum absolute atomic E-state index is 7.07. The van der Waals surface area contributed by atoms with Gasteiger partial charge in [-0.15, -0.1) is 0 Å². The SMILES string of the molecule is CC1C=CC(C2Nc3c(ccc4ccc5cc([C@H](N)C(/C=C(\N)c6ccccc6)c6ccccc6)ccc5c34)S2)=CC1. The second kappa shape index (κ2) is 11.2. The van der Waals surface area contributed by atoms with Crippen LogP contribution in [0, 0.1) is 5.92 Å². The molecule has 2 aliphatic rings. The van der Waals surface area contributed by atoms with E-state index < -0.39 is 0 Å². The minimum atomic E-state index is -0.262. The molecule has 4 heteroatoms. The van der Waals surface area contributed by atoms with Crippen molar-refractivity contribution >= 4 is 44.7 Å². The van der Waals surface area contributed by atoms with Crippen molar-refractivity contribution in [2.45, 2.75) is 35.6 Å². The number of benzene rings is 5. The highest BCUT2D eigenvalue weighted by Crippen LogP contribution is 2.48. The Balaban J connectivity index is 1.26. The lowest BCUT2D eigenvalue weighted by molar-refractivity contribution is 0.647. The summed E-state index contributed by atoms with van der Waals surface area (Å²) in [5, 5.41) is 9.06. The molecule has 0 bridgehead atoms. The van der Waals surface area contributed by atoms with Gasteiger partial charge >= 0.3 is 0 Å². The Kier molecular flexibility index (Phi) is 7.10. The third-order valence-corrected chi connectivity index (χ3v) is 9.79. The number of anilines is 1. The first-order valence-corrected chi connectivity index (χ1v) is 15.6. The molecule has 7 rings (SSSR count). The fourth-order valence-electron chi connectivity index (χ4n) is 6.19. The average Bonchev–Trinajstić information content (AvgIpc) is 3.48. The van der Waals surface area contributed by atoms with Crippen molar-refractivity contribution in [2.75, 3.05) is 5.32 Å². The van der Waals surface area contributed by atoms with Gasteiger partial charge in [-0.3, -0.25) is 0 Å². The van der Waals surface area contributed by atoms with Crippen LogP contribution < -0.4 is 16.8 Å². The van der Waals surface area contributed by atoms with E-state index in [0.717, 1.165) is 28.8 Å². The third-order valence-electron chi connectivity index (χ3n) is 8.57. The molecule has 0 saturated carbocycles. The Morgan fingerprint density at radius 1 is 0.881 bits per heavy atom. The lowest BCUT2D eigenvalue weighted by Gasteiger charge is -2.23. The number of allylic oxidation sites excluding steroid dienone is 2. The topological polar surface area (TPSA) is 64.1 Å². The number of rotatable bonds is 6. The first-order valence-electron chi connectivity index (χ1n) is 14.7. The molecule has 0 fully saturated rings. The zero-order valence-corrected chi connectivity index (χ0v) is 24.5. The monoisotopic (exact) mass is 565 g/mol. The number of nitrogens with one attached hydrogen (secondary N) is 1. The van der Waals surface area contributed by atoms with E-state index in [1.807, 2.05) is 48.2 Å². The van der Waals surface area contributed by atoms with Crippen LogP contribution in [0.15, 0.2) is 138 Å². The van der Waals surface area contributed by atoms with E-state index in [1.54, 1.807) is 0 Å². The van der Waals surface area contributed by atoms with Crippen molar-refractivity contribution in [3.63, 3.8) is 0 Å². The maximum atomic E-state index is 7.07. The second-order valence-corrected chi connectivity index (χ2v) is 12.6. The van der Waals surface area contributed by atoms with E-state index in [-0.39, 0.29) is 17.3 Å². The molecule has 1 heterocycles.